The fourth-order valence-electron chi connectivity index (χ4n) is 4.04. The second-order valence-electron chi connectivity index (χ2n) is 8.01. The molecule has 0 fully saturated rings. The van der Waals surface area contributed by atoms with Crippen molar-refractivity contribution >= 4 is 28.0 Å². The van der Waals surface area contributed by atoms with E-state index >= 15 is 0 Å². The third-order valence-corrected chi connectivity index (χ3v) is 5.78. The second kappa shape index (κ2) is 8.28. The van der Waals surface area contributed by atoms with Gasteiger partial charge < -0.3 is 10.7 Å². The first-order valence-corrected chi connectivity index (χ1v) is 10.4. The molecule has 0 amide bonds. The van der Waals surface area contributed by atoms with Crippen molar-refractivity contribution in [1.29, 1.82) is 0 Å². The molecule has 0 spiro atoms. The molecule has 4 rings (SSSR count). The number of aromatic nitrogens is 1. The molecule has 0 saturated heterocycles. The van der Waals surface area contributed by atoms with Crippen LogP contribution >= 0.6 is 0 Å². The molecule has 0 atom stereocenters. The Hall–Kier alpha value is -3.18. The smallest absolute Gasteiger partial charge is 0.193 e. The molecule has 1 aliphatic rings. The number of hydrogen-bond donors (Lipinski definition) is 1. The first-order valence-electron chi connectivity index (χ1n) is 10.4. The largest absolute Gasteiger partial charge is 0.339 e. The molecule has 0 unspecified atom stereocenters. The highest BCUT2D eigenvalue weighted by Gasteiger charge is 2.18. The Morgan fingerprint density at radius 2 is 1.83 bits per heavy atom. The van der Waals surface area contributed by atoms with Crippen molar-refractivity contribution in [2.45, 2.75) is 26.2 Å². The molecule has 154 valence electrons. The van der Waals surface area contributed by atoms with Crippen LogP contribution in [0.3, 0.4) is 0 Å². The minimum Gasteiger partial charge on any atom is -0.339 e. The van der Waals surface area contributed by atoms with Crippen LogP contribution in [0.1, 0.15) is 58.0 Å². The highest BCUT2D eigenvalue weighted by molar-refractivity contribution is 6.12. The van der Waals surface area contributed by atoms with E-state index in [1.54, 1.807) is 35.0 Å². The fourth-order valence-corrected chi connectivity index (χ4v) is 4.04. The number of ketones is 2. The maximum absolute atomic E-state index is 13.2. The summed E-state index contributed by atoms with van der Waals surface area (Å²) in [4.78, 5) is 27.7. The molecule has 0 aliphatic carbocycles. The summed E-state index contributed by atoms with van der Waals surface area (Å²) in [6, 6.07) is 12.7. The van der Waals surface area contributed by atoms with E-state index in [0.717, 1.165) is 42.4 Å². The van der Waals surface area contributed by atoms with Crippen LogP contribution in [0.2, 0.25) is 0 Å². The minimum atomic E-state index is -0.0869. The monoisotopic (exact) mass is 401 g/mol. The molecular formula is C25H27N3O2. The predicted molar refractivity (Wildman–Crippen MR) is 121 cm³/mol. The molecule has 2 N–H and O–H groups in total. The Labute approximate surface area is 176 Å². The molecular weight excluding hydrogens is 374 g/mol. The Morgan fingerprint density at radius 3 is 2.57 bits per heavy atom. The van der Waals surface area contributed by atoms with Gasteiger partial charge in [0.15, 0.2) is 11.6 Å². The molecule has 2 heterocycles. The minimum absolute atomic E-state index is 0.0688. The Morgan fingerprint density at radius 1 is 1.07 bits per heavy atom. The van der Waals surface area contributed by atoms with E-state index < -0.39 is 0 Å². The van der Waals surface area contributed by atoms with Gasteiger partial charge in [-0.3, -0.25) is 14.3 Å². The van der Waals surface area contributed by atoms with Crippen LogP contribution < -0.4 is 5.84 Å². The number of rotatable bonds is 6. The van der Waals surface area contributed by atoms with Crippen molar-refractivity contribution in [3.63, 3.8) is 0 Å². The van der Waals surface area contributed by atoms with Gasteiger partial charge in [0.25, 0.3) is 0 Å². The maximum atomic E-state index is 13.2. The Bertz CT molecular complexity index is 1160. The van der Waals surface area contributed by atoms with Gasteiger partial charge in [0.2, 0.25) is 0 Å². The van der Waals surface area contributed by atoms with E-state index in [1.807, 2.05) is 25.3 Å². The standard InChI is InChI=1S/C25H27N3O2/c1-3-5-24(29)18-6-4-7-19(14-18)25(30)20-8-9-23-21(15-20)22(16-28(23)26)17-10-12-27(2)13-11-17/h4,6-10,14-16H,3,5,11-13,26H2,1-2H3. The van der Waals surface area contributed by atoms with Crippen LogP contribution in [0.15, 0.2) is 54.7 Å². The number of benzene rings is 2. The molecule has 0 bridgehead atoms. The zero-order valence-corrected chi connectivity index (χ0v) is 17.5. The van der Waals surface area contributed by atoms with E-state index in [2.05, 4.69) is 18.0 Å². The first kappa shape index (κ1) is 20.1. The summed E-state index contributed by atoms with van der Waals surface area (Å²) in [5.74, 6) is 6.17. The lowest BCUT2D eigenvalue weighted by atomic mass is 9.95. The predicted octanol–water partition coefficient (Wildman–Crippen LogP) is 4.29. The maximum Gasteiger partial charge on any atom is 0.193 e. The number of fused-ring (bicyclic) bond motifs is 1. The number of Topliss-reactive ketones (excluding diaryl/α,β-unsaturated/α-hetero) is 1. The van der Waals surface area contributed by atoms with Crippen LogP contribution in [0.25, 0.3) is 16.5 Å². The fraction of sp³-hybridized carbons (Fsp3) is 0.280. The molecule has 3 aromatic rings. The average Bonchev–Trinajstić information content (AvgIpc) is 3.10. The van der Waals surface area contributed by atoms with Crippen molar-refractivity contribution in [2.75, 3.05) is 26.0 Å². The molecule has 0 radical (unpaired) electrons. The number of carbonyl (C=O) groups excluding carboxylic acids is 2. The van der Waals surface area contributed by atoms with Gasteiger partial charge >= 0.3 is 0 Å². The lowest BCUT2D eigenvalue weighted by Crippen LogP contribution is -2.23. The van der Waals surface area contributed by atoms with Gasteiger partial charge in [0.1, 0.15) is 0 Å². The van der Waals surface area contributed by atoms with E-state index in [9.17, 15) is 9.59 Å². The van der Waals surface area contributed by atoms with Gasteiger partial charge in [-0.15, -0.1) is 0 Å². The van der Waals surface area contributed by atoms with E-state index in [4.69, 9.17) is 5.84 Å². The second-order valence-corrected chi connectivity index (χ2v) is 8.01. The topological polar surface area (TPSA) is 68.3 Å². The van der Waals surface area contributed by atoms with E-state index in [0.29, 0.717) is 23.1 Å². The van der Waals surface area contributed by atoms with Gasteiger partial charge in [-0.25, -0.2) is 0 Å². The number of carbonyl (C=O) groups is 2. The lowest BCUT2D eigenvalue weighted by molar-refractivity contribution is 0.0981. The van der Waals surface area contributed by atoms with Crippen LogP contribution in [0.4, 0.5) is 0 Å². The first-order chi connectivity index (χ1) is 14.5. The molecule has 5 nitrogen and oxygen atoms in total. The van der Waals surface area contributed by atoms with Crippen LogP contribution in [0.5, 0.6) is 0 Å². The summed E-state index contributed by atoms with van der Waals surface area (Å²) in [5, 5.41) is 0.984. The Balaban J connectivity index is 1.72. The van der Waals surface area contributed by atoms with Crippen molar-refractivity contribution in [1.82, 2.24) is 9.58 Å². The quantitative estimate of drug-likeness (QED) is 0.494. The van der Waals surface area contributed by atoms with Crippen molar-refractivity contribution < 1.29 is 9.59 Å². The number of hydrogen-bond acceptors (Lipinski definition) is 4. The highest BCUT2D eigenvalue weighted by atomic mass is 16.1. The Kier molecular flexibility index (Phi) is 5.55. The molecule has 30 heavy (non-hydrogen) atoms. The van der Waals surface area contributed by atoms with Crippen LogP contribution in [-0.2, 0) is 0 Å². The SMILES string of the molecule is CCCC(=O)c1cccc(C(=O)c2ccc3c(c2)c(C2=CCN(C)CC2)cn3N)c1. The zero-order chi connectivity index (χ0) is 21.3. The van der Waals surface area contributed by atoms with E-state index in [1.165, 1.54) is 5.57 Å². The van der Waals surface area contributed by atoms with E-state index in [-0.39, 0.29) is 11.6 Å². The lowest BCUT2D eigenvalue weighted by Gasteiger charge is -2.21. The summed E-state index contributed by atoms with van der Waals surface area (Å²) >= 11 is 0. The van der Waals surface area contributed by atoms with Gasteiger partial charge in [-0.1, -0.05) is 31.2 Å². The van der Waals surface area contributed by atoms with Crippen molar-refractivity contribution in [3.8, 4) is 0 Å². The summed E-state index contributed by atoms with van der Waals surface area (Å²) in [6.07, 6.45) is 6.41. The third-order valence-electron chi connectivity index (χ3n) is 5.78. The zero-order valence-electron chi connectivity index (χ0n) is 17.5. The van der Waals surface area contributed by atoms with Gasteiger partial charge in [0, 0.05) is 53.3 Å². The summed E-state index contributed by atoms with van der Waals surface area (Å²) in [6.45, 7) is 3.88. The summed E-state index contributed by atoms with van der Waals surface area (Å²) in [7, 11) is 2.11. The van der Waals surface area contributed by atoms with Crippen molar-refractivity contribution in [3.05, 3.63) is 77.0 Å². The number of nitrogens with two attached hydrogens (primary N) is 1. The third kappa shape index (κ3) is 3.81. The summed E-state index contributed by atoms with van der Waals surface area (Å²) in [5.41, 5.74) is 4.97. The molecule has 0 saturated carbocycles. The van der Waals surface area contributed by atoms with Gasteiger partial charge in [-0.2, -0.15) is 0 Å². The van der Waals surface area contributed by atoms with Gasteiger partial charge in [-0.05, 0) is 49.7 Å². The average molecular weight is 402 g/mol. The molecule has 1 aliphatic heterocycles. The normalized spacial score (nSPS) is 14.7. The molecule has 1 aromatic heterocycles. The van der Waals surface area contributed by atoms with Gasteiger partial charge in [0.05, 0.1) is 5.52 Å². The molecule has 2 aromatic carbocycles. The van der Waals surface area contributed by atoms with Crippen LogP contribution in [-0.4, -0.2) is 41.3 Å². The van der Waals surface area contributed by atoms with Crippen molar-refractivity contribution in [2.24, 2.45) is 0 Å². The highest BCUT2D eigenvalue weighted by Crippen LogP contribution is 2.31. The molecule has 5 heteroatoms. The van der Waals surface area contributed by atoms with Crippen LogP contribution in [0, 0.1) is 0 Å². The summed E-state index contributed by atoms with van der Waals surface area (Å²) < 4.78 is 1.63. The number of nitrogen functional groups attached to an aromatic ring is 1. The number of nitrogens with zero attached hydrogens (tertiary/aromatic N) is 2. The number of likely N-dealkylation sites (N-methyl/N-ethyl adjacent to an activating group) is 1.